The highest BCUT2D eigenvalue weighted by molar-refractivity contribution is 5.91. The summed E-state index contributed by atoms with van der Waals surface area (Å²) >= 11 is 0. The fourth-order valence-electron chi connectivity index (χ4n) is 2.20. The van der Waals surface area contributed by atoms with Crippen LogP contribution in [0.1, 0.15) is 26.7 Å². The number of ketones is 1. The number of hydrogen-bond acceptors (Lipinski definition) is 2. The van der Waals surface area contributed by atoms with Gasteiger partial charge in [0.05, 0.1) is 6.10 Å². The summed E-state index contributed by atoms with van der Waals surface area (Å²) in [5, 5.41) is 0. The molecule has 2 heteroatoms. The Balaban J connectivity index is 2.19. The fraction of sp³-hybridized carbons (Fsp3) is 0.875. The molecule has 1 heterocycles. The molecule has 2 nitrogen and oxygen atoms in total. The van der Waals surface area contributed by atoms with Gasteiger partial charge in [-0.05, 0) is 13.3 Å². The first-order valence-electron chi connectivity index (χ1n) is 3.80. The standard InChI is InChI=1S/C8H12O2/c1-5-3-8(2)4-6(9)7(8)10-5/h5,7H,3-4H2,1-2H3/t5-,7-,8+/m1/s1. The number of fused-ring (bicyclic) bond motifs is 1. The molecule has 1 aliphatic heterocycles. The van der Waals surface area contributed by atoms with Gasteiger partial charge in [0.25, 0.3) is 0 Å². The first kappa shape index (κ1) is 6.35. The van der Waals surface area contributed by atoms with Crippen molar-refractivity contribution >= 4 is 5.78 Å². The molecule has 0 bridgehead atoms. The van der Waals surface area contributed by atoms with E-state index in [-0.39, 0.29) is 11.5 Å². The van der Waals surface area contributed by atoms with Crippen LogP contribution in [-0.2, 0) is 9.53 Å². The minimum atomic E-state index is -0.0532. The first-order valence-corrected chi connectivity index (χ1v) is 3.80. The average Bonchev–Trinajstić information content (AvgIpc) is 2.03. The number of carbonyl (C=O) groups excluding carboxylic acids is 1. The molecule has 2 aliphatic rings. The van der Waals surface area contributed by atoms with Gasteiger partial charge in [0.15, 0.2) is 5.78 Å². The summed E-state index contributed by atoms with van der Waals surface area (Å²) in [7, 11) is 0. The van der Waals surface area contributed by atoms with Crippen LogP contribution in [0.3, 0.4) is 0 Å². The van der Waals surface area contributed by atoms with Gasteiger partial charge in [-0.25, -0.2) is 0 Å². The van der Waals surface area contributed by atoms with Gasteiger partial charge in [0, 0.05) is 11.8 Å². The lowest BCUT2D eigenvalue weighted by molar-refractivity contribution is -0.148. The van der Waals surface area contributed by atoms with Crippen molar-refractivity contribution in [1.29, 1.82) is 0 Å². The molecule has 1 saturated carbocycles. The number of carbonyl (C=O) groups is 1. The summed E-state index contributed by atoms with van der Waals surface area (Å²) in [6.45, 7) is 4.18. The van der Waals surface area contributed by atoms with Crippen LogP contribution in [-0.4, -0.2) is 18.0 Å². The molecule has 0 N–H and O–H groups in total. The lowest BCUT2D eigenvalue weighted by atomic mass is 9.66. The molecule has 10 heavy (non-hydrogen) atoms. The first-order chi connectivity index (χ1) is 4.62. The van der Waals surface area contributed by atoms with Crippen LogP contribution < -0.4 is 0 Å². The van der Waals surface area contributed by atoms with Crippen LogP contribution in [0.4, 0.5) is 0 Å². The fourth-order valence-corrected chi connectivity index (χ4v) is 2.20. The van der Waals surface area contributed by atoms with E-state index in [0.717, 1.165) is 12.8 Å². The minimum absolute atomic E-state index is 0.0532. The molecule has 3 atom stereocenters. The summed E-state index contributed by atoms with van der Waals surface area (Å²) in [5.41, 5.74) is 0.205. The van der Waals surface area contributed by atoms with Gasteiger partial charge in [0.1, 0.15) is 6.10 Å². The van der Waals surface area contributed by atoms with Gasteiger partial charge >= 0.3 is 0 Å². The van der Waals surface area contributed by atoms with Gasteiger partial charge in [-0.1, -0.05) is 6.92 Å². The van der Waals surface area contributed by atoms with Crippen molar-refractivity contribution in [1.82, 2.24) is 0 Å². The van der Waals surface area contributed by atoms with Crippen molar-refractivity contribution < 1.29 is 9.53 Å². The van der Waals surface area contributed by atoms with Gasteiger partial charge < -0.3 is 4.74 Å². The van der Waals surface area contributed by atoms with E-state index in [1.807, 2.05) is 6.92 Å². The van der Waals surface area contributed by atoms with Gasteiger partial charge in [-0.3, -0.25) is 4.79 Å². The third kappa shape index (κ3) is 0.601. The lowest BCUT2D eigenvalue weighted by Gasteiger charge is -2.37. The van der Waals surface area contributed by atoms with E-state index in [9.17, 15) is 4.79 Å². The van der Waals surface area contributed by atoms with Gasteiger partial charge in [0.2, 0.25) is 0 Å². The summed E-state index contributed by atoms with van der Waals surface area (Å²) in [4.78, 5) is 10.9. The molecule has 0 aromatic rings. The molecule has 0 aromatic heterocycles. The second-order valence-corrected chi connectivity index (χ2v) is 3.83. The Labute approximate surface area is 60.6 Å². The summed E-state index contributed by atoms with van der Waals surface area (Å²) in [6, 6.07) is 0. The maximum absolute atomic E-state index is 10.9. The van der Waals surface area contributed by atoms with Crippen LogP contribution in [0.15, 0.2) is 0 Å². The highest BCUT2D eigenvalue weighted by Crippen LogP contribution is 2.49. The molecule has 0 radical (unpaired) electrons. The Morgan fingerprint density at radius 1 is 1.70 bits per heavy atom. The SMILES string of the molecule is C[C@@H]1C[C@@]2(C)CC(=O)[C@H]2O1. The second-order valence-electron chi connectivity index (χ2n) is 3.83. The average molecular weight is 140 g/mol. The molecule has 1 aliphatic carbocycles. The van der Waals surface area contributed by atoms with E-state index in [1.165, 1.54) is 0 Å². The molecule has 0 amide bonds. The zero-order valence-electron chi connectivity index (χ0n) is 6.39. The van der Waals surface area contributed by atoms with E-state index in [1.54, 1.807) is 0 Å². The van der Waals surface area contributed by atoms with Crippen molar-refractivity contribution in [2.24, 2.45) is 5.41 Å². The monoisotopic (exact) mass is 140 g/mol. The van der Waals surface area contributed by atoms with Gasteiger partial charge in [-0.15, -0.1) is 0 Å². The smallest absolute Gasteiger partial charge is 0.162 e. The van der Waals surface area contributed by atoms with Crippen molar-refractivity contribution in [3.8, 4) is 0 Å². The number of rotatable bonds is 0. The van der Waals surface area contributed by atoms with Crippen LogP contribution in [0.2, 0.25) is 0 Å². The Morgan fingerprint density at radius 3 is 2.80 bits per heavy atom. The molecular weight excluding hydrogens is 128 g/mol. The maximum Gasteiger partial charge on any atom is 0.162 e. The van der Waals surface area contributed by atoms with E-state index in [4.69, 9.17) is 4.74 Å². The van der Waals surface area contributed by atoms with Crippen LogP contribution in [0.25, 0.3) is 0 Å². The molecule has 1 saturated heterocycles. The Morgan fingerprint density at radius 2 is 2.40 bits per heavy atom. The molecule has 2 rings (SSSR count). The molecule has 0 aromatic carbocycles. The summed E-state index contributed by atoms with van der Waals surface area (Å²) in [6.07, 6.45) is 2.04. The number of hydrogen-bond donors (Lipinski definition) is 0. The summed E-state index contributed by atoms with van der Waals surface area (Å²) in [5.74, 6) is 0.298. The molecular formula is C8H12O2. The quantitative estimate of drug-likeness (QED) is 0.504. The van der Waals surface area contributed by atoms with Crippen molar-refractivity contribution in [2.75, 3.05) is 0 Å². The van der Waals surface area contributed by atoms with Crippen LogP contribution >= 0.6 is 0 Å². The molecule has 0 spiro atoms. The van der Waals surface area contributed by atoms with Crippen LogP contribution in [0.5, 0.6) is 0 Å². The normalized spacial score (nSPS) is 52.4. The highest BCUT2D eigenvalue weighted by atomic mass is 16.5. The van der Waals surface area contributed by atoms with Crippen molar-refractivity contribution in [3.63, 3.8) is 0 Å². The van der Waals surface area contributed by atoms with Crippen molar-refractivity contribution in [3.05, 3.63) is 0 Å². The minimum Gasteiger partial charge on any atom is -0.367 e. The van der Waals surface area contributed by atoms with Crippen LogP contribution in [0, 0.1) is 5.41 Å². The van der Waals surface area contributed by atoms with E-state index < -0.39 is 0 Å². The summed E-state index contributed by atoms with van der Waals surface area (Å²) < 4.78 is 5.43. The maximum atomic E-state index is 10.9. The Bertz CT molecular complexity index is 188. The second kappa shape index (κ2) is 1.62. The molecule has 0 unspecified atom stereocenters. The van der Waals surface area contributed by atoms with E-state index in [0.29, 0.717) is 11.9 Å². The van der Waals surface area contributed by atoms with E-state index in [2.05, 4.69) is 6.92 Å². The zero-order chi connectivity index (χ0) is 7.35. The topological polar surface area (TPSA) is 26.3 Å². The third-order valence-corrected chi connectivity index (χ3v) is 2.63. The largest absolute Gasteiger partial charge is 0.367 e. The van der Waals surface area contributed by atoms with Gasteiger partial charge in [-0.2, -0.15) is 0 Å². The molecule has 2 fully saturated rings. The Hall–Kier alpha value is -0.370. The van der Waals surface area contributed by atoms with Crippen molar-refractivity contribution in [2.45, 2.75) is 38.9 Å². The Kier molecular flexibility index (Phi) is 1.03. The molecule has 56 valence electrons. The lowest BCUT2D eigenvalue weighted by Crippen LogP contribution is -2.48. The van der Waals surface area contributed by atoms with E-state index >= 15 is 0 Å². The predicted molar refractivity (Wildman–Crippen MR) is 36.7 cm³/mol. The zero-order valence-corrected chi connectivity index (χ0v) is 6.39. The number of ether oxygens (including phenoxy) is 1. The number of Topliss-reactive ketones (excluding diaryl/α,β-unsaturated/α-hetero) is 1. The predicted octanol–water partition coefficient (Wildman–Crippen LogP) is 1.14. The highest BCUT2D eigenvalue weighted by Gasteiger charge is 2.56. The third-order valence-electron chi connectivity index (χ3n) is 2.63.